The summed E-state index contributed by atoms with van der Waals surface area (Å²) in [7, 11) is 0. The molecule has 78 heavy (non-hydrogen) atoms. The molecule has 18 nitrogen and oxygen atoms in total. The highest BCUT2D eigenvalue weighted by molar-refractivity contribution is 5.68. The lowest BCUT2D eigenvalue weighted by Gasteiger charge is -2.00. The minimum atomic E-state index is -0.784. The lowest BCUT2D eigenvalue weighted by molar-refractivity contribution is -0.138. The van der Waals surface area contributed by atoms with Gasteiger partial charge in [0.25, 0.3) is 0 Å². The summed E-state index contributed by atoms with van der Waals surface area (Å²) in [5, 5.41) is 49.6. The fraction of sp³-hybridized carbons (Fsp3) is 0.400. The van der Waals surface area contributed by atoms with E-state index in [2.05, 4.69) is 103 Å². The van der Waals surface area contributed by atoms with Crippen LogP contribution in [0.4, 0.5) is 0 Å². The molecule has 18 heteroatoms. The van der Waals surface area contributed by atoms with E-state index in [0.29, 0.717) is 38.5 Å². The summed E-state index contributed by atoms with van der Waals surface area (Å²) in [6, 6.07) is 24.7. The van der Waals surface area contributed by atoms with Crippen molar-refractivity contribution in [2.75, 3.05) is 0 Å². The monoisotopic (exact) mass is 1070 g/mol. The third kappa shape index (κ3) is 45.1. The van der Waals surface area contributed by atoms with Gasteiger partial charge in [-0.3, -0.25) is 58.7 Å². The summed E-state index contributed by atoms with van der Waals surface area (Å²) in [5.41, 5.74) is 7.98. The van der Waals surface area contributed by atoms with Crippen LogP contribution >= 0.6 is 0 Å². The fourth-order valence-electron chi connectivity index (χ4n) is 6.88. The maximum atomic E-state index is 10.0. The molecular formula is C60H78N6O12. The molecule has 6 rings (SSSR count). The third-order valence-corrected chi connectivity index (χ3v) is 11.2. The van der Waals surface area contributed by atoms with Gasteiger partial charge < -0.3 is 30.6 Å². The van der Waals surface area contributed by atoms with Crippen LogP contribution < -0.4 is 0 Å². The number of aromatic nitrogens is 6. The second-order valence-electron chi connectivity index (χ2n) is 17.7. The summed E-state index contributed by atoms with van der Waals surface area (Å²) in [4.78, 5) is 84.2. The van der Waals surface area contributed by atoms with Crippen LogP contribution in [0, 0.1) is 0 Å². The van der Waals surface area contributed by atoms with Crippen LogP contribution in [0.2, 0.25) is 0 Å². The van der Waals surface area contributed by atoms with Crippen LogP contribution in [-0.2, 0) is 67.3 Å². The quantitative estimate of drug-likeness (QED) is 0.0228. The highest BCUT2D eigenvalue weighted by Crippen LogP contribution is 2.09. The molecule has 0 saturated heterocycles. The van der Waals surface area contributed by atoms with Gasteiger partial charge in [-0.05, 0) is 183 Å². The zero-order valence-corrected chi connectivity index (χ0v) is 44.6. The SMILES string of the molecule is O=C(O)CCCCCCC(=O)O.O=C(O)CCCCCCC(=O)O.O=C(O)CCCCCCC(=O)O.c1cc(CCc2ccncc2)ccn1.c1cc(CCc2ccncc2)ccn1.c1cc(CCc2ccncc2)ccn1. The number of unbranched alkanes of at least 4 members (excludes halogenated alkanes) is 9. The number of aliphatic carboxylic acids is 6. The first-order chi connectivity index (χ1) is 37.7. The number of carboxylic acids is 6. The normalized spacial score (nSPS) is 9.85. The smallest absolute Gasteiger partial charge is 0.303 e. The molecule has 0 aliphatic rings. The Bertz CT molecular complexity index is 2000. The first-order valence-corrected chi connectivity index (χ1v) is 26.4. The van der Waals surface area contributed by atoms with E-state index in [9.17, 15) is 28.8 Å². The number of rotatable bonds is 30. The van der Waals surface area contributed by atoms with Crippen LogP contribution in [0.5, 0.6) is 0 Å². The summed E-state index contributed by atoms with van der Waals surface area (Å²) in [6.07, 6.45) is 38.2. The van der Waals surface area contributed by atoms with Crippen LogP contribution in [0.1, 0.15) is 149 Å². The Morgan fingerprint density at radius 1 is 0.218 bits per heavy atom. The van der Waals surface area contributed by atoms with Gasteiger partial charge in [0.1, 0.15) is 0 Å². The second-order valence-corrected chi connectivity index (χ2v) is 17.7. The molecule has 0 amide bonds. The molecule has 0 spiro atoms. The average Bonchev–Trinajstić information content (AvgIpc) is 3.44. The molecule has 6 N–H and O–H groups in total. The molecule has 0 bridgehead atoms. The van der Waals surface area contributed by atoms with Crippen molar-refractivity contribution in [3.05, 3.63) is 181 Å². The molecule has 6 aromatic rings. The van der Waals surface area contributed by atoms with Crippen LogP contribution in [-0.4, -0.2) is 96.4 Å². The lowest BCUT2D eigenvalue weighted by atomic mass is 10.1. The second kappa shape index (κ2) is 47.2. The molecule has 0 aromatic carbocycles. The molecule has 0 unspecified atom stereocenters. The molecule has 0 fully saturated rings. The van der Waals surface area contributed by atoms with E-state index in [1.54, 1.807) is 0 Å². The van der Waals surface area contributed by atoms with E-state index >= 15 is 0 Å². The number of nitrogens with zero attached hydrogens (tertiary/aromatic N) is 6. The third-order valence-electron chi connectivity index (χ3n) is 11.2. The van der Waals surface area contributed by atoms with Gasteiger partial charge in [-0.25, -0.2) is 0 Å². The molecule has 6 aromatic heterocycles. The highest BCUT2D eigenvalue weighted by Gasteiger charge is 2.02. The van der Waals surface area contributed by atoms with Crippen LogP contribution in [0.15, 0.2) is 147 Å². The molecule has 0 aliphatic heterocycles. The number of hydrogen-bond donors (Lipinski definition) is 6. The first kappa shape index (κ1) is 67.7. The summed E-state index contributed by atoms with van der Waals surface area (Å²) >= 11 is 0. The molecular weight excluding hydrogens is 997 g/mol. The Labute approximate surface area is 458 Å². The Balaban J connectivity index is 0.000000469. The van der Waals surface area contributed by atoms with Gasteiger partial charge in [-0.15, -0.1) is 0 Å². The van der Waals surface area contributed by atoms with Crippen LogP contribution in [0.3, 0.4) is 0 Å². The number of carbonyl (C=O) groups is 6. The van der Waals surface area contributed by atoms with Crippen molar-refractivity contribution >= 4 is 35.8 Å². The van der Waals surface area contributed by atoms with Gasteiger partial charge in [-0.1, -0.05) is 38.5 Å². The maximum Gasteiger partial charge on any atom is 0.303 e. The van der Waals surface area contributed by atoms with E-state index in [-0.39, 0.29) is 38.5 Å². The number of pyridine rings is 6. The van der Waals surface area contributed by atoms with E-state index in [1.807, 2.05) is 74.4 Å². The Morgan fingerprint density at radius 2 is 0.333 bits per heavy atom. The molecule has 0 atom stereocenters. The van der Waals surface area contributed by atoms with Crippen molar-refractivity contribution in [1.29, 1.82) is 0 Å². The number of aryl methyl sites for hydroxylation is 6. The molecule has 0 radical (unpaired) electrons. The molecule has 0 saturated carbocycles. The first-order valence-electron chi connectivity index (χ1n) is 26.4. The topological polar surface area (TPSA) is 301 Å². The highest BCUT2D eigenvalue weighted by atomic mass is 16.4. The van der Waals surface area contributed by atoms with Gasteiger partial charge in [0.2, 0.25) is 0 Å². The Morgan fingerprint density at radius 3 is 0.436 bits per heavy atom. The van der Waals surface area contributed by atoms with Crippen molar-refractivity contribution in [3.8, 4) is 0 Å². The van der Waals surface area contributed by atoms with Crippen molar-refractivity contribution < 1.29 is 59.4 Å². The van der Waals surface area contributed by atoms with Gasteiger partial charge in [0, 0.05) is 113 Å². The average molecular weight is 1080 g/mol. The number of carboxylic acid groups (broad SMARTS) is 6. The van der Waals surface area contributed by atoms with E-state index in [4.69, 9.17) is 30.6 Å². The zero-order valence-electron chi connectivity index (χ0n) is 44.6. The molecule has 6 heterocycles. The van der Waals surface area contributed by atoms with Gasteiger partial charge >= 0.3 is 35.8 Å². The predicted octanol–water partition coefficient (Wildman–Crippen LogP) is 11.3. The summed E-state index contributed by atoms with van der Waals surface area (Å²) in [6.45, 7) is 0. The van der Waals surface area contributed by atoms with Gasteiger partial charge in [0.05, 0.1) is 0 Å². The standard InChI is InChI=1S/3C12H12N2.3C8H14O4/c3*1(11-3-7-13-8-4-11)2-12-5-9-14-10-6-12;3*9-7(10)5-3-1-2-4-6-8(11)12/h3*3-10H,1-2H2;3*1-6H2,(H,9,10)(H,11,12). The van der Waals surface area contributed by atoms with Crippen LogP contribution in [0.25, 0.3) is 0 Å². The lowest BCUT2D eigenvalue weighted by Crippen LogP contribution is -1.95. The molecule has 0 aliphatic carbocycles. The van der Waals surface area contributed by atoms with Gasteiger partial charge in [-0.2, -0.15) is 0 Å². The summed E-state index contributed by atoms with van der Waals surface area (Å²) in [5.74, 6) is -4.70. The minimum Gasteiger partial charge on any atom is -0.481 e. The summed E-state index contributed by atoms with van der Waals surface area (Å²) < 4.78 is 0. The van der Waals surface area contributed by atoms with Crippen molar-refractivity contribution in [3.63, 3.8) is 0 Å². The van der Waals surface area contributed by atoms with Crippen molar-refractivity contribution in [2.24, 2.45) is 0 Å². The zero-order chi connectivity index (χ0) is 57.1. The molecule has 420 valence electrons. The Hall–Kier alpha value is -8.28. The van der Waals surface area contributed by atoms with Crippen molar-refractivity contribution in [2.45, 2.75) is 154 Å². The van der Waals surface area contributed by atoms with E-state index < -0.39 is 35.8 Å². The fourth-order valence-corrected chi connectivity index (χ4v) is 6.88. The number of hydrogen-bond acceptors (Lipinski definition) is 12. The maximum absolute atomic E-state index is 10.0. The largest absolute Gasteiger partial charge is 0.481 e. The van der Waals surface area contributed by atoms with E-state index in [0.717, 1.165) is 77.0 Å². The minimum absolute atomic E-state index is 0.188. The van der Waals surface area contributed by atoms with E-state index in [1.165, 1.54) is 33.4 Å². The van der Waals surface area contributed by atoms with Gasteiger partial charge in [0.15, 0.2) is 0 Å². The predicted molar refractivity (Wildman–Crippen MR) is 297 cm³/mol. The Kier molecular flexibility index (Phi) is 41.0. The van der Waals surface area contributed by atoms with Crippen molar-refractivity contribution in [1.82, 2.24) is 29.9 Å².